The molecule has 1 heterocycles. The molecular weight excluding hydrogens is 437 g/mol. The molecule has 0 atom stereocenters. The van der Waals surface area contributed by atoms with Gasteiger partial charge in [-0.1, -0.05) is 0 Å². The summed E-state index contributed by atoms with van der Waals surface area (Å²) in [5.74, 6) is -1.99. The molecule has 0 aliphatic rings. The van der Waals surface area contributed by atoms with Crippen LogP contribution in [-0.4, -0.2) is 33.0 Å². The number of carbonyl (C=O) groups is 1. The third kappa shape index (κ3) is 5.22. The number of hydrogen-bond acceptors (Lipinski definition) is 2. The summed E-state index contributed by atoms with van der Waals surface area (Å²) in [5, 5.41) is 8.78. The first-order valence-electron chi connectivity index (χ1n) is 6.70. The van der Waals surface area contributed by atoms with Crippen molar-refractivity contribution in [3.05, 3.63) is 66.7 Å². The van der Waals surface area contributed by atoms with E-state index in [1.165, 1.54) is 14.7 Å². The Morgan fingerprint density at radius 2 is 1.38 bits per heavy atom. The molecule has 124 valence electrons. The number of hydrogen-bond donors (Lipinski definition) is 0. The summed E-state index contributed by atoms with van der Waals surface area (Å²) in [6.07, 6.45) is -5.19. The molecule has 24 heavy (non-hydrogen) atoms. The van der Waals surface area contributed by atoms with E-state index in [-0.39, 0.29) is 0 Å². The Morgan fingerprint density at radius 1 is 0.917 bits per heavy atom. The van der Waals surface area contributed by atoms with Crippen molar-refractivity contribution in [1.29, 1.82) is 0 Å². The van der Waals surface area contributed by atoms with Gasteiger partial charge < -0.3 is 9.90 Å². The Bertz CT molecular complexity index is 730. The van der Waals surface area contributed by atoms with Crippen molar-refractivity contribution in [1.82, 2.24) is 0 Å². The first-order chi connectivity index (χ1) is 11.4. The van der Waals surface area contributed by atoms with Gasteiger partial charge in [0, 0.05) is 0 Å². The first-order valence-corrected chi connectivity index (χ1v) is 8.82. The summed E-state index contributed by atoms with van der Waals surface area (Å²) in [6.45, 7) is 0. The van der Waals surface area contributed by atoms with Crippen molar-refractivity contribution in [3.63, 3.8) is 0 Å². The first kappa shape index (κ1) is 18.2. The summed E-state index contributed by atoms with van der Waals surface area (Å²) in [4.78, 5) is 8.78. The van der Waals surface area contributed by atoms with Crippen LogP contribution >= 0.6 is 0 Å². The molecular formula is C17H11F3O3Te. The molecule has 0 fully saturated rings. The summed E-state index contributed by atoms with van der Waals surface area (Å²) < 4.78 is 38.8. The SMILES string of the molecule is O=C([O-])C(F)(F)F.c1ccc(-c2cc(-c3ccccc3)[te][o+]2)cc1. The summed E-state index contributed by atoms with van der Waals surface area (Å²) in [5.41, 5.74) is 2.46. The minimum atomic E-state index is -5.19. The quantitative estimate of drug-likeness (QED) is 0.447. The Kier molecular flexibility index (Phi) is 6.18. The predicted molar refractivity (Wildman–Crippen MR) is 82.0 cm³/mol. The van der Waals surface area contributed by atoms with Gasteiger partial charge >= 0.3 is 117 Å². The fraction of sp³-hybridized carbons (Fsp3) is 0.0588. The van der Waals surface area contributed by atoms with E-state index in [2.05, 4.69) is 42.5 Å². The summed E-state index contributed by atoms with van der Waals surface area (Å²) in [6, 6.07) is 23.0. The van der Waals surface area contributed by atoms with E-state index in [0.29, 0.717) is 0 Å². The molecule has 3 aromatic rings. The average molecular weight is 448 g/mol. The van der Waals surface area contributed by atoms with Crippen LogP contribution < -0.4 is 5.11 Å². The summed E-state index contributed by atoms with van der Waals surface area (Å²) in [7, 11) is 0. The Labute approximate surface area is 146 Å². The second kappa shape index (κ2) is 8.13. The van der Waals surface area contributed by atoms with Crippen molar-refractivity contribution in [2.75, 3.05) is 0 Å². The van der Waals surface area contributed by atoms with Gasteiger partial charge in [0.25, 0.3) is 0 Å². The van der Waals surface area contributed by atoms with Crippen molar-refractivity contribution < 1.29 is 25.8 Å². The molecule has 0 radical (unpaired) electrons. The molecule has 0 N–H and O–H groups in total. The number of halogens is 3. The molecule has 0 saturated heterocycles. The van der Waals surface area contributed by atoms with E-state index >= 15 is 0 Å². The van der Waals surface area contributed by atoms with Gasteiger partial charge in [-0.15, -0.1) is 0 Å². The number of carboxylic acid groups (broad SMARTS) is 1. The molecule has 0 amide bonds. The molecule has 7 heteroatoms. The minimum absolute atomic E-state index is 0.527. The molecule has 0 spiro atoms. The van der Waals surface area contributed by atoms with Crippen molar-refractivity contribution in [2.45, 2.75) is 6.18 Å². The van der Waals surface area contributed by atoms with Gasteiger partial charge in [-0.3, -0.25) is 0 Å². The Balaban J connectivity index is 0.000000256. The number of aliphatic carboxylic acids is 1. The van der Waals surface area contributed by atoms with Crippen LogP contribution in [0.3, 0.4) is 0 Å². The van der Waals surface area contributed by atoms with Crippen LogP contribution in [0.2, 0.25) is 0 Å². The van der Waals surface area contributed by atoms with Gasteiger partial charge in [-0.2, -0.15) is 13.2 Å². The van der Waals surface area contributed by atoms with Crippen molar-refractivity contribution in [3.8, 4) is 20.5 Å². The fourth-order valence-corrected chi connectivity index (χ4v) is 3.75. The molecule has 2 aromatic carbocycles. The van der Waals surface area contributed by atoms with Gasteiger partial charge in [-0.25, -0.2) is 0 Å². The van der Waals surface area contributed by atoms with Crippen molar-refractivity contribution in [2.24, 2.45) is 0 Å². The zero-order chi connectivity index (χ0) is 17.6. The number of carbonyl (C=O) groups excluding carboxylic acids is 1. The molecule has 0 bridgehead atoms. The monoisotopic (exact) mass is 450 g/mol. The predicted octanol–water partition coefficient (Wildman–Crippen LogP) is 3.25. The topological polar surface area (TPSA) is 51.4 Å². The van der Waals surface area contributed by atoms with Crippen molar-refractivity contribution >= 4 is 26.8 Å². The fourth-order valence-electron chi connectivity index (χ4n) is 1.72. The maximum atomic E-state index is 10.5. The Morgan fingerprint density at radius 3 is 1.83 bits per heavy atom. The van der Waals surface area contributed by atoms with E-state index in [4.69, 9.17) is 12.7 Å². The molecule has 1 aromatic heterocycles. The molecule has 0 saturated carbocycles. The van der Waals surface area contributed by atoms with Gasteiger partial charge in [0.05, 0.1) is 0 Å². The molecule has 0 aliphatic heterocycles. The van der Waals surface area contributed by atoms with Gasteiger partial charge in [0.2, 0.25) is 0 Å². The number of rotatable bonds is 2. The van der Waals surface area contributed by atoms with Gasteiger partial charge in [-0.05, 0) is 0 Å². The second-order valence-electron chi connectivity index (χ2n) is 4.56. The van der Waals surface area contributed by atoms with Crippen LogP contribution in [-0.2, 0) is 4.79 Å². The third-order valence-corrected chi connectivity index (χ3v) is 5.10. The Hall–Kier alpha value is -2.10. The normalized spacial score (nSPS) is 10.6. The summed E-state index contributed by atoms with van der Waals surface area (Å²) >= 11 is -0.527. The number of carboxylic acids is 1. The van der Waals surface area contributed by atoms with Crippen LogP contribution in [0.15, 0.2) is 69.5 Å². The zero-order valence-electron chi connectivity index (χ0n) is 12.1. The second-order valence-corrected chi connectivity index (χ2v) is 6.76. The van der Waals surface area contributed by atoms with Crippen LogP contribution in [0.1, 0.15) is 0 Å². The van der Waals surface area contributed by atoms with Gasteiger partial charge in [0.1, 0.15) is 5.97 Å². The van der Waals surface area contributed by atoms with Gasteiger partial charge in [0.15, 0.2) is 0 Å². The van der Waals surface area contributed by atoms with Crippen LogP contribution in [0.25, 0.3) is 20.5 Å². The number of benzene rings is 2. The molecule has 0 unspecified atom stereocenters. The number of alkyl halides is 3. The molecule has 3 nitrogen and oxygen atoms in total. The van der Waals surface area contributed by atoms with E-state index in [1.54, 1.807) is 0 Å². The van der Waals surface area contributed by atoms with Crippen LogP contribution in [0.4, 0.5) is 13.2 Å². The van der Waals surface area contributed by atoms with E-state index in [0.717, 1.165) is 5.76 Å². The van der Waals surface area contributed by atoms with Crippen LogP contribution in [0.5, 0.6) is 0 Å². The third-order valence-electron chi connectivity index (χ3n) is 2.83. The molecule has 0 aliphatic carbocycles. The van der Waals surface area contributed by atoms with E-state index in [9.17, 15) is 13.2 Å². The zero-order valence-corrected chi connectivity index (χ0v) is 14.4. The maximum absolute atomic E-state index is 10.5. The standard InChI is InChI=1S/C15H11OTe.C2HF3O2/c1-3-7-12(8-4-1)14-11-15(17-16-14)13-9-5-2-6-10-13;3-2(4,5)1(6)7/h1-11H;(H,6,7)/q+1;/p-1. The van der Waals surface area contributed by atoms with E-state index < -0.39 is 33.0 Å². The van der Waals surface area contributed by atoms with E-state index in [1.807, 2.05) is 24.3 Å². The van der Waals surface area contributed by atoms with Crippen LogP contribution in [0, 0.1) is 0 Å². The average Bonchev–Trinajstić information content (AvgIpc) is 3.06. The molecule has 3 rings (SSSR count).